The molecule has 0 radical (unpaired) electrons. The van der Waals surface area contributed by atoms with Crippen molar-refractivity contribution < 1.29 is 8.33 Å². The van der Waals surface area contributed by atoms with Gasteiger partial charge in [0.2, 0.25) is 0 Å². The summed E-state index contributed by atoms with van der Waals surface area (Å²) >= 11 is 0. The fraction of sp³-hybridized carbons (Fsp3) is 0. The molecule has 1 rings (SSSR count). The van der Waals surface area contributed by atoms with E-state index in [1.807, 2.05) is 36.4 Å². The quantitative estimate of drug-likeness (QED) is 0.593. The summed E-state index contributed by atoms with van der Waals surface area (Å²) in [5.74, 6) is 0. The van der Waals surface area contributed by atoms with Crippen molar-refractivity contribution in [1.29, 1.82) is 0 Å². The number of hydrogen-bond donors (Lipinski definition) is 0. The zero-order valence-corrected chi connectivity index (χ0v) is 9.11. The van der Waals surface area contributed by atoms with Gasteiger partial charge in [0.05, 0.1) is 0 Å². The largest absolute Gasteiger partial charge is 2.00 e. The van der Waals surface area contributed by atoms with Crippen molar-refractivity contribution in [3.05, 3.63) is 36.4 Å². The van der Waals surface area contributed by atoms with E-state index >= 15 is 0 Å². The van der Waals surface area contributed by atoms with Gasteiger partial charge in [-0.25, -0.2) is 0 Å². The maximum Gasteiger partial charge on any atom is 2.00 e. The maximum absolute atomic E-state index is 2.00. The molecule has 42 valence electrons. The Balaban J connectivity index is -0.0000000450. The van der Waals surface area contributed by atoms with Crippen LogP contribution in [0.2, 0.25) is 0 Å². The Kier molecular flexibility index (Phi) is 11.2. The number of hydrogen-bond acceptors (Lipinski definition) is 0. The van der Waals surface area contributed by atoms with E-state index in [0.717, 1.165) is 0 Å². The molecule has 0 unspecified atom stereocenters. The molecule has 0 atom stereocenters. The molecule has 8 heavy (non-hydrogen) atoms. The average Bonchev–Trinajstić information content (AvgIpc) is 1.72. The minimum Gasteiger partial charge on any atom is -1.00 e. The molecule has 2 N–H and O–H groups in total. The maximum atomic E-state index is 2.00. The molecule has 1 nitrogen and oxygen atoms in total. The van der Waals surface area contributed by atoms with Crippen molar-refractivity contribution in [1.82, 2.24) is 0 Å². The average molecular weight is 235 g/mol. The van der Waals surface area contributed by atoms with Crippen LogP contribution < -0.4 is 0 Å². The Bertz CT molecular complexity index is 87.7. The van der Waals surface area contributed by atoms with Crippen LogP contribution in [0.25, 0.3) is 0 Å². The van der Waals surface area contributed by atoms with Crippen molar-refractivity contribution in [3.8, 4) is 0 Å². The summed E-state index contributed by atoms with van der Waals surface area (Å²) in [7, 11) is 0. The summed E-state index contributed by atoms with van der Waals surface area (Å²) in [5, 5.41) is 0. The van der Waals surface area contributed by atoms with E-state index in [-0.39, 0.29) is 57.2 Å². The standard InChI is InChI=1S/C6H6.Ba.H2O.2H/c1-2-4-6-5-3-1;;;;/h1-6H;;1H2;;/q;+2;;2*-1. The van der Waals surface area contributed by atoms with E-state index < -0.39 is 0 Å². The smallest absolute Gasteiger partial charge is 1.00 e. The molecule has 0 amide bonds. The van der Waals surface area contributed by atoms with E-state index in [2.05, 4.69) is 0 Å². The Hall–Kier alpha value is 0.751. The van der Waals surface area contributed by atoms with Crippen molar-refractivity contribution in [3.63, 3.8) is 0 Å². The Labute approximate surface area is 92.5 Å². The summed E-state index contributed by atoms with van der Waals surface area (Å²) in [4.78, 5) is 0. The number of benzene rings is 1. The van der Waals surface area contributed by atoms with Crippen LogP contribution in [-0.2, 0) is 0 Å². The van der Waals surface area contributed by atoms with Crippen molar-refractivity contribution >= 4 is 48.9 Å². The van der Waals surface area contributed by atoms with Gasteiger partial charge in [0.15, 0.2) is 0 Å². The summed E-state index contributed by atoms with van der Waals surface area (Å²) in [5.41, 5.74) is 0. The molecule has 0 aliphatic carbocycles. The molecule has 0 saturated carbocycles. The molecule has 0 heterocycles. The first-order valence-corrected chi connectivity index (χ1v) is 2.00. The molecular weight excluding hydrogens is 225 g/mol. The minimum atomic E-state index is 0. The normalized spacial score (nSPS) is 6.00. The van der Waals surface area contributed by atoms with Crippen molar-refractivity contribution in [2.75, 3.05) is 0 Å². The Morgan fingerprint density at radius 3 is 0.875 bits per heavy atom. The summed E-state index contributed by atoms with van der Waals surface area (Å²) in [6, 6.07) is 12.0. The fourth-order valence-electron chi connectivity index (χ4n) is 0.385. The molecule has 0 fully saturated rings. The molecular formula is C6H10BaO. The first-order valence-electron chi connectivity index (χ1n) is 2.00. The van der Waals surface area contributed by atoms with Gasteiger partial charge in [-0.05, 0) is 0 Å². The topological polar surface area (TPSA) is 31.5 Å². The summed E-state index contributed by atoms with van der Waals surface area (Å²) in [6.07, 6.45) is 0. The first kappa shape index (κ1) is 11.5. The van der Waals surface area contributed by atoms with Crippen LogP contribution in [0.4, 0.5) is 0 Å². The van der Waals surface area contributed by atoms with E-state index in [0.29, 0.717) is 0 Å². The van der Waals surface area contributed by atoms with Gasteiger partial charge in [0.25, 0.3) is 0 Å². The Morgan fingerprint density at radius 1 is 0.625 bits per heavy atom. The Morgan fingerprint density at radius 2 is 0.750 bits per heavy atom. The molecule has 0 bridgehead atoms. The molecule has 0 saturated heterocycles. The molecule has 0 aliphatic heterocycles. The SMILES string of the molecule is O.[Ba+2].[H-].[H-].c1ccccc1. The van der Waals surface area contributed by atoms with Gasteiger partial charge in [0.1, 0.15) is 0 Å². The van der Waals surface area contributed by atoms with Gasteiger partial charge in [-0.15, -0.1) is 0 Å². The van der Waals surface area contributed by atoms with Gasteiger partial charge in [0, 0.05) is 0 Å². The summed E-state index contributed by atoms with van der Waals surface area (Å²) < 4.78 is 0. The van der Waals surface area contributed by atoms with E-state index in [1.165, 1.54) is 0 Å². The fourth-order valence-corrected chi connectivity index (χ4v) is 0.385. The van der Waals surface area contributed by atoms with Crippen LogP contribution in [0.15, 0.2) is 36.4 Å². The molecule has 2 heteroatoms. The van der Waals surface area contributed by atoms with Gasteiger partial charge >= 0.3 is 48.9 Å². The van der Waals surface area contributed by atoms with Crippen molar-refractivity contribution in [2.24, 2.45) is 0 Å². The van der Waals surface area contributed by atoms with E-state index in [1.54, 1.807) is 0 Å². The van der Waals surface area contributed by atoms with Crippen LogP contribution in [0.3, 0.4) is 0 Å². The zero-order valence-electron chi connectivity index (χ0n) is 6.67. The zero-order chi connectivity index (χ0) is 4.24. The molecule has 1 aromatic rings. The second kappa shape index (κ2) is 7.75. The van der Waals surface area contributed by atoms with Gasteiger partial charge < -0.3 is 8.33 Å². The van der Waals surface area contributed by atoms with E-state index in [9.17, 15) is 0 Å². The predicted molar refractivity (Wildman–Crippen MR) is 38.0 cm³/mol. The molecule has 0 aromatic heterocycles. The van der Waals surface area contributed by atoms with E-state index in [4.69, 9.17) is 0 Å². The monoisotopic (exact) mass is 236 g/mol. The number of rotatable bonds is 0. The van der Waals surface area contributed by atoms with Crippen LogP contribution in [0.5, 0.6) is 0 Å². The van der Waals surface area contributed by atoms with Gasteiger partial charge in [-0.1, -0.05) is 36.4 Å². The first-order chi connectivity index (χ1) is 3.00. The molecule has 0 spiro atoms. The second-order valence-electron chi connectivity index (χ2n) is 1.15. The minimum absolute atomic E-state index is 0. The predicted octanol–water partition coefficient (Wildman–Crippen LogP) is 0.706. The second-order valence-corrected chi connectivity index (χ2v) is 1.15. The molecule has 0 aliphatic rings. The summed E-state index contributed by atoms with van der Waals surface area (Å²) in [6.45, 7) is 0. The van der Waals surface area contributed by atoms with Crippen molar-refractivity contribution in [2.45, 2.75) is 0 Å². The van der Waals surface area contributed by atoms with Gasteiger partial charge in [-0.2, -0.15) is 0 Å². The van der Waals surface area contributed by atoms with Crippen LogP contribution in [-0.4, -0.2) is 54.4 Å². The third-order valence-corrected chi connectivity index (χ3v) is 0.667. The molecule has 1 aromatic carbocycles. The van der Waals surface area contributed by atoms with Gasteiger partial charge in [-0.3, -0.25) is 0 Å². The van der Waals surface area contributed by atoms with Crippen LogP contribution in [0.1, 0.15) is 2.85 Å². The van der Waals surface area contributed by atoms with Crippen LogP contribution in [0, 0.1) is 0 Å². The van der Waals surface area contributed by atoms with Crippen LogP contribution >= 0.6 is 0 Å². The third-order valence-electron chi connectivity index (χ3n) is 0.667. The third kappa shape index (κ3) is 4.90.